The number of aromatic nitrogens is 1. The number of likely N-dealkylation sites (tertiary alicyclic amines) is 1. The molecule has 1 N–H and O–H groups in total. The molecule has 2 heterocycles. The predicted molar refractivity (Wildman–Crippen MR) is 92.8 cm³/mol. The highest BCUT2D eigenvalue weighted by Crippen LogP contribution is 2.25. The molecule has 1 aliphatic heterocycles. The van der Waals surface area contributed by atoms with Crippen molar-refractivity contribution in [1.29, 1.82) is 0 Å². The normalized spacial score (nSPS) is 23.6. The van der Waals surface area contributed by atoms with E-state index in [0.29, 0.717) is 30.7 Å². The summed E-state index contributed by atoms with van der Waals surface area (Å²) in [5.74, 6) is 1.72. The zero-order valence-electron chi connectivity index (χ0n) is 14.8. The highest BCUT2D eigenvalue weighted by Gasteiger charge is 2.31. The Hall–Kier alpha value is -1.18. The Morgan fingerprint density at radius 3 is 2.62 bits per heavy atom. The van der Waals surface area contributed by atoms with E-state index in [2.05, 4.69) is 16.8 Å². The van der Waals surface area contributed by atoms with Gasteiger partial charge in [-0.25, -0.2) is 13.4 Å². The van der Waals surface area contributed by atoms with Gasteiger partial charge in [0, 0.05) is 31.8 Å². The number of pyridine rings is 1. The van der Waals surface area contributed by atoms with Crippen LogP contribution in [0.15, 0.2) is 23.4 Å². The highest BCUT2D eigenvalue weighted by atomic mass is 32.2. The molecule has 0 saturated carbocycles. The van der Waals surface area contributed by atoms with E-state index in [0.717, 1.165) is 19.3 Å². The van der Waals surface area contributed by atoms with E-state index in [1.165, 1.54) is 12.3 Å². The molecular formula is C17H28N2O4S. The van der Waals surface area contributed by atoms with E-state index in [1.807, 2.05) is 13.8 Å². The van der Waals surface area contributed by atoms with Crippen molar-refractivity contribution in [1.82, 2.24) is 9.88 Å². The quantitative estimate of drug-likeness (QED) is 0.796. The first-order chi connectivity index (χ1) is 11.2. The van der Waals surface area contributed by atoms with Crippen LogP contribution < -0.4 is 4.74 Å². The second-order valence-corrected chi connectivity index (χ2v) is 9.15. The van der Waals surface area contributed by atoms with Crippen LogP contribution in [0.3, 0.4) is 0 Å². The van der Waals surface area contributed by atoms with Crippen LogP contribution in [-0.4, -0.2) is 62.0 Å². The molecular weight excluding hydrogens is 328 g/mol. The number of aliphatic hydroxyl groups is 1. The lowest BCUT2D eigenvalue weighted by atomic mass is 9.99. The van der Waals surface area contributed by atoms with Crippen molar-refractivity contribution in [2.75, 3.05) is 32.5 Å². The summed E-state index contributed by atoms with van der Waals surface area (Å²) in [7, 11) is -3.28. The summed E-state index contributed by atoms with van der Waals surface area (Å²) in [6.07, 6.45) is 2.29. The molecule has 1 fully saturated rings. The van der Waals surface area contributed by atoms with Crippen LogP contribution >= 0.6 is 0 Å². The van der Waals surface area contributed by atoms with Gasteiger partial charge in [0.05, 0.1) is 18.9 Å². The summed E-state index contributed by atoms with van der Waals surface area (Å²) in [5.41, 5.74) is 0. The minimum atomic E-state index is -3.28. The second-order valence-electron chi connectivity index (χ2n) is 7.18. The standard InChI is InChI=1S/C17H28N2O4S/c1-12(2)16(20)10-19-8-13(3)14(9-19)11-23-15-5-6-17(18-7-15)24(4,21)22/h5-7,12-14,16,20H,8-11H2,1-4H3. The Morgan fingerprint density at radius 1 is 1.38 bits per heavy atom. The van der Waals surface area contributed by atoms with Crippen molar-refractivity contribution < 1.29 is 18.3 Å². The molecule has 1 aromatic heterocycles. The fourth-order valence-corrected chi connectivity index (χ4v) is 3.42. The number of aliphatic hydroxyl groups excluding tert-OH is 1. The number of hydrogen-bond acceptors (Lipinski definition) is 6. The van der Waals surface area contributed by atoms with Gasteiger partial charge in [0.25, 0.3) is 0 Å². The van der Waals surface area contributed by atoms with Crippen LogP contribution in [0.4, 0.5) is 0 Å². The van der Waals surface area contributed by atoms with Crippen molar-refractivity contribution in [3.05, 3.63) is 18.3 Å². The summed E-state index contributed by atoms with van der Waals surface area (Å²) >= 11 is 0. The van der Waals surface area contributed by atoms with E-state index < -0.39 is 9.84 Å². The van der Waals surface area contributed by atoms with Gasteiger partial charge in [0.2, 0.25) is 0 Å². The molecule has 136 valence electrons. The first kappa shape index (κ1) is 19.1. The summed E-state index contributed by atoms with van der Waals surface area (Å²) in [6.45, 7) is 9.37. The lowest BCUT2D eigenvalue weighted by Crippen LogP contribution is -2.34. The van der Waals surface area contributed by atoms with Crippen molar-refractivity contribution in [2.24, 2.45) is 17.8 Å². The van der Waals surface area contributed by atoms with E-state index in [4.69, 9.17) is 4.74 Å². The number of nitrogens with zero attached hydrogens (tertiary/aromatic N) is 2. The Bertz CT molecular complexity index is 630. The monoisotopic (exact) mass is 356 g/mol. The molecule has 0 spiro atoms. The first-order valence-corrected chi connectivity index (χ1v) is 10.2. The first-order valence-electron chi connectivity index (χ1n) is 8.36. The summed E-state index contributed by atoms with van der Waals surface area (Å²) < 4.78 is 28.6. The molecule has 0 bridgehead atoms. The minimum Gasteiger partial charge on any atom is -0.492 e. The molecule has 24 heavy (non-hydrogen) atoms. The van der Waals surface area contributed by atoms with Crippen LogP contribution in [0.5, 0.6) is 5.75 Å². The maximum atomic E-state index is 11.4. The third-order valence-electron chi connectivity index (χ3n) is 4.61. The third kappa shape index (κ3) is 5.16. The molecule has 0 radical (unpaired) electrons. The van der Waals surface area contributed by atoms with E-state index in [1.54, 1.807) is 6.07 Å². The summed E-state index contributed by atoms with van der Waals surface area (Å²) in [6, 6.07) is 3.11. The highest BCUT2D eigenvalue weighted by molar-refractivity contribution is 7.90. The van der Waals surface area contributed by atoms with Crippen molar-refractivity contribution in [2.45, 2.75) is 31.9 Å². The number of ether oxygens (including phenoxy) is 1. The zero-order chi connectivity index (χ0) is 17.9. The molecule has 0 amide bonds. The lowest BCUT2D eigenvalue weighted by molar-refractivity contribution is 0.0826. The van der Waals surface area contributed by atoms with Gasteiger partial charge >= 0.3 is 0 Å². The molecule has 0 aromatic carbocycles. The minimum absolute atomic E-state index is 0.0536. The van der Waals surface area contributed by atoms with Crippen LogP contribution in [0.2, 0.25) is 0 Å². The Morgan fingerprint density at radius 2 is 2.08 bits per heavy atom. The van der Waals surface area contributed by atoms with E-state index in [-0.39, 0.29) is 17.0 Å². The maximum Gasteiger partial charge on any atom is 0.192 e. The van der Waals surface area contributed by atoms with Gasteiger partial charge in [0.15, 0.2) is 14.9 Å². The van der Waals surface area contributed by atoms with Gasteiger partial charge in [-0.2, -0.15) is 0 Å². The second kappa shape index (κ2) is 7.80. The van der Waals surface area contributed by atoms with Crippen molar-refractivity contribution in [3.8, 4) is 5.75 Å². The number of sulfone groups is 1. The number of hydrogen-bond donors (Lipinski definition) is 1. The van der Waals surface area contributed by atoms with Gasteiger partial charge in [-0.3, -0.25) is 0 Å². The zero-order valence-corrected chi connectivity index (χ0v) is 15.7. The predicted octanol–water partition coefficient (Wildman–Crippen LogP) is 1.45. The van der Waals surface area contributed by atoms with Gasteiger partial charge in [-0.1, -0.05) is 20.8 Å². The molecule has 1 saturated heterocycles. The lowest BCUT2D eigenvalue weighted by Gasteiger charge is -2.22. The van der Waals surface area contributed by atoms with Gasteiger partial charge in [0.1, 0.15) is 5.75 Å². The molecule has 3 atom stereocenters. The Labute approximate surface area is 144 Å². The average molecular weight is 356 g/mol. The van der Waals surface area contributed by atoms with Crippen LogP contribution in [-0.2, 0) is 9.84 Å². The molecule has 7 heteroatoms. The largest absolute Gasteiger partial charge is 0.492 e. The van der Waals surface area contributed by atoms with E-state index in [9.17, 15) is 13.5 Å². The fraction of sp³-hybridized carbons (Fsp3) is 0.706. The molecule has 0 aliphatic carbocycles. The van der Waals surface area contributed by atoms with Crippen LogP contribution in [0.25, 0.3) is 0 Å². The SMILES string of the molecule is CC(C)C(O)CN1CC(C)C(COc2ccc(S(C)(=O)=O)nc2)C1. The number of β-amino-alcohol motifs (C(OH)–C–C–N with tert-alkyl or cyclic N) is 1. The van der Waals surface area contributed by atoms with Crippen LogP contribution in [0, 0.1) is 17.8 Å². The molecule has 1 aromatic rings. The van der Waals surface area contributed by atoms with Gasteiger partial charge in [-0.05, 0) is 24.0 Å². The Kier molecular flexibility index (Phi) is 6.22. The molecule has 6 nitrogen and oxygen atoms in total. The van der Waals surface area contributed by atoms with Gasteiger partial charge < -0.3 is 14.7 Å². The average Bonchev–Trinajstić information content (AvgIpc) is 2.84. The van der Waals surface area contributed by atoms with E-state index >= 15 is 0 Å². The fourth-order valence-electron chi connectivity index (χ4n) is 2.86. The summed E-state index contributed by atoms with van der Waals surface area (Å²) in [4.78, 5) is 6.22. The molecule has 1 aliphatic rings. The maximum absolute atomic E-state index is 11.4. The van der Waals surface area contributed by atoms with Crippen molar-refractivity contribution >= 4 is 9.84 Å². The Balaban J connectivity index is 1.86. The smallest absolute Gasteiger partial charge is 0.192 e. The third-order valence-corrected chi connectivity index (χ3v) is 5.61. The van der Waals surface area contributed by atoms with Crippen molar-refractivity contribution in [3.63, 3.8) is 0 Å². The molecule has 3 unspecified atom stereocenters. The topological polar surface area (TPSA) is 79.7 Å². The van der Waals surface area contributed by atoms with Crippen LogP contribution in [0.1, 0.15) is 20.8 Å². The number of rotatable bonds is 7. The van der Waals surface area contributed by atoms with Gasteiger partial charge in [-0.15, -0.1) is 0 Å². The summed E-state index contributed by atoms with van der Waals surface area (Å²) in [5, 5.41) is 10.1. The molecule has 2 rings (SSSR count).